The Labute approximate surface area is 276 Å². The summed E-state index contributed by atoms with van der Waals surface area (Å²) < 4.78 is 47.1. The van der Waals surface area contributed by atoms with Crippen LogP contribution in [-0.4, -0.2) is 39.3 Å². The Morgan fingerprint density at radius 2 is 1.78 bits per heavy atom. The normalized spacial score (nSPS) is 19.2. The highest BCUT2D eigenvalue weighted by Crippen LogP contribution is 2.54. The van der Waals surface area contributed by atoms with Crippen LogP contribution in [-0.2, 0) is 27.1 Å². The molecule has 2 N–H and O–H groups in total. The molecule has 46 heavy (non-hydrogen) atoms. The third-order valence-corrected chi connectivity index (χ3v) is 10.7. The highest BCUT2D eigenvalue weighted by molar-refractivity contribution is 9.10. The number of aromatic hydroxyl groups is 1. The zero-order chi connectivity index (χ0) is 32.9. The van der Waals surface area contributed by atoms with E-state index in [2.05, 4.69) is 21.2 Å². The van der Waals surface area contributed by atoms with E-state index in [1.54, 1.807) is 43.3 Å². The number of anilines is 2. The van der Waals surface area contributed by atoms with E-state index in [0.717, 1.165) is 50.7 Å². The molecular weight excluding hydrogens is 711 g/mol. The Balaban J connectivity index is 1.41. The summed E-state index contributed by atoms with van der Waals surface area (Å²) in [6.07, 6.45) is -4.61. The number of hydrogen-bond acceptors (Lipinski definition) is 8. The van der Waals surface area contributed by atoms with E-state index in [1.165, 1.54) is 16.7 Å². The van der Waals surface area contributed by atoms with Gasteiger partial charge < -0.3 is 15.2 Å². The summed E-state index contributed by atoms with van der Waals surface area (Å²) in [5.74, 6) is -3.45. The standard InChI is InChI=1S/C31H23BrF3N3O6S2/c1-2-44-21-12-15(6-11-20(21)39)23-24-25(28(42)38(27(24)41)19-9-7-17(32)8-10-19)45-29-26(23)46-30(43)37(29)14-22(40)36-18-5-3-4-16(13-18)31(33,34)35/h3-13,23-25,39H,2,14H2,1H3,(H,36,40)/t23-,24?,25?/m0/s1. The number of alkyl halides is 3. The number of nitrogens with one attached hydrogen (secondary N) is 1. The molecule has 0 saturated carbocycles. The molecule has 0 spiro atoms. The molecule has 2 aliphatic heterocycles. The second-order valence-electron chi connectivity index (χ2n) is 10.4. The molecule has 15 heteroatoms. The fourth-order valence-electron chi connectivity index (χ4n) is 5.57. The van der Waals surface area contributed by atoms with Crippen molar-refractivity contribution in [2.24, 2.45) is 5.92 Å². The van der Waals surface area contributed by atoms with Crippen LogP contribution >= 0.6 is 39.0 Å². The number of phenolic OH excluding ortho intramolecular Hbond substituents is 1. The zero-order valence-electron chi connectivity index (χ0n) is 23.7. The Morgan fingerprint density at radius 1 is 1.04 bits per heavy atom. The number of imide groups is 1. The third-order valence-electron chi connectivity index (χ3n) is 7.55. The van der Waals surface area contributed by atoms with Gasteiger partial charge in [-0.25, -0.2) is 4.90 Å². The minimum absolute atomic E-state index is 0.100. The van der Waals surface area contributed by atoms with Gasteiger partial charge in [-0.1, -0.05) is 51.2 Å². The summed E-state index contributed by atoms with van der Waals surface area (Å²) in [6, 6.07) is 15.4. The van der Waals surface area contributed by atoms with Crippen molar-refractivity contribution in [3.05, 3.63) is 96.9 Å². The summed E-state index contributed by atoms with van der Waals surface area (Å²) >= 11 is 5.17. The average Bonchev–Trinajstić information content (AvgIpc) is 3.45. The predicted molar refractivity (Wildman–Crippen MR) is 170 cm³/mol. The summed E-state index contributed by atoms with van der Waals surface area (Å²) in [5.41, 5.74) is -0.163. The number of benzene rings is 3. The van der Waals surface area contributed by atoms with Crippen LogP contribution in [0.4, 0.5) is 24.5 Å². The van der Waals surface area contributed by atoms with Gasteiger partial charge in [0, 0.05) is 21.0 Å². The number of carbonyl (C=O) groups is 3. The number of carbonyl (C=O) groups excluding carboxylic acids is 3. The summed E-state index contributed by atoms with van der Waals surface area (Å²) in [6.45, 7) is 1.44. The molecule has 0 radical (unpaired) electrons. The SMILES string of the molecule is CCOc1cc([C@@H]2c3sc(=O)n(CC(=O)Nc4cccc(C(F)(F)F)c4)c3SC3C(=O)N(c4ccc(Br)cc4)C(=O)C32)ccc1O. The van der Waals surface area contributed by atoms with E-state index in [9.17, 15) is 37.5 Å². The first-order chi connectivity index (χ1) is 21.9. The van der Waals surface area contributed by atoms with Gasteiger partial charge in [0.1, 0.15) is 11.8 Å². The summed E-state index contributed by atoms with van der Waals surface area (Å²) in [4.78, 5) is 55.4. The Kier molecular flexibility index (Phi) is 8.50. The molecule has 3 aromatic carbocycles. The number of fused-ring (bicyclic) bond motifs is 2. The molecule has 9 nitrogen and oxygen atoms in total. The van der Waals surface area contributed by atoms with Crippen molar-refractivity contribution >= 4 is 68.1 Å². The Morgan fingerprint density at radius 3 is 2.48 bits per heavy atom. The number of hydrogen-bond donors (Lipinski definition) is 2. The Hall–Kier alpha value is -4.08. The van der Waals surface area contributed by atoms with Crippen molar-refractivity contribution < 1.29 is 37.4 Å². The smallest absolute Gasteiger partial charge is 0.416 e. The van der Waals surface area contributed by atoms with Crippen molar-refractivity contribution in [1.29, 1.82) is 0 Å². The highest BCUT2D eigenvalue weighted by Gasteiger charge is 2.57. The molecule has 3 atom stereocenters. The number of nitrogens with zero attached hydrogens (tertiary/aromatic N) is 2. The molecule has 0 aliphatic carbocycles. The maximum atomic E-state index is 14.1. The van der Waals surface area contributed by atoms with E-state index in [4.69, 9.17) is 4.74 Å². The minimum atomic E-state index is -4.61. The van der Waals surface area contributed by atoms with Crippen LogP contribution in [0.5, 0.6) is 11.5 Å². The van der Waals surface area contributed by atoms with Gasteiger partial charge in [-0.15, -0.1) is 0 Å². The van der Waals surface area contributed by atoms with Crippen LogP contribution in [0.2, 0.25) is 0 Å². The number of thiazole rings is 1. The zero-order valence-corrected chi connectivity index (χ0v) is 26.9. The lowest BCUT2D eigenvalue weighted by Gasteiger charge is -2.31. The van der Waals surface area contributed by atoms with Crippen LogP contribution in [0.25, 0.3) is 0 Å². The number of aromatic nitrogens is 1. The van der Waals surface area contributed by atoms with Crippen molar-refractivity contribution in [3.8, 4) is 11.5 Å². The number of rotatable bonds is 7. The molecule has 0 bridgehead atoms. The molecule has 1 aromatic heterocycles. The topological polar surface area (TPSA) is 118 Å². The van der Waals surface area contributed by atoms with Crippen molar-refractivity contribution in [2.45, 2.75) is 35.8 Å². The van der Waals surface area contributed by atoms with Crippen molar-refractivity contribution in [2.75, 3.05) is 16.8 Å². The molecule has 4 aromatic rings. The van der Waals surface area contributed by atoms with E-state index in [0.29, 0.717) is 21.2 Å². The number of amides is 3. The molecular formula is C31H23BrF3N3O6S2. The van der Waals surface area contributed by atoms with E-state index in [1.807, 2.05) is 0 Å². The molecule has 3 heterocycles. The lowest BCUT2D eigenvalue weighted by atomic mass is 9.83. The maximum Gasteiger partial charge on any atom is 0.416 e. The molecule has 2 aliphatic rings. The van der Waals surface area contributed by atoms with Gasteiger partial charge in [0.25, 0.3) is 0 Å². The first-order valence-corrected chi connectivity index (χ1v) is 16.3. The second kappa shape index (κ2) is 12.3. The minimum Gasteiger partial charge on any atom is -0.504 e. The van der Waals surface area contributed by atoms with Gasteiger partial charge in [0.15, 0.2) is 11.5 Å². The number of halogens is 4. The quantitative estimate of drug-likeness (QED) is 0.216. The second-order valence-corrected chi connectivity index (χ2v) is 13.5. The van der Waals surface area contributed by atoms with Gasteiger partial charge in [-0.2, -0.15) is 13.2 Å². The van der Waals surface area contributed by atoms with Gasteiger partial charge in [-0.3, -0.25) is 23.7 Å². The molecule has 238 valence electrons. The van der Waals surface area contributed by atoms with E-state index >= 15 is 0 Å². The van der Waals surface area contributed by atoms with Crippen molar-refractivity contribution in [1.82, 2.24) is 4.57 Å². The van der Waals surface area contributed by atoms with Gasteiger partial charge in [0.05, 0.1) is 28.8 Å². The predicted octanol–water partition coefficient (Wildman–Crippen LogP) is 6.23. The molecule has 3 amide bonds. The van der Waals surface area contributed by atoms with Gasteiger partial charge in [0.2, 0.25) is 17.7 Å². The maximum absolute atomic E-state index is 14.1. The third kappa shape index (κ3) is 5.82. The monoisotopic (exact) mass is 733 g/mol. The molecule has 6 rings (SSSR count). The highest BCUT2D eigenvalue weighted by atomic mass is 79.9. The number of phenols is 1. The average molecular weight is 735 g/mol. The largest absolute Gasteiger partial charge is 0.504 e. The molecule has 2 unspecified atom stereocenters. The number of ether oxygens (including phenoxy) is 1. The lowest BCUT2D eigenvalue weighted by Crippen LogP contribution is -2.33. The van der Waals surface area contributed by atoms with Crippen molar-refractivity contribution in [3.63, 3.8) is 0 Å². The summed E-state index contributed by atoms with van der Waals surface area (Å²) in [7, 11) is 0. The number of thioether (sulfide) groups is 1. The molecule has 1 saturated heterocycles. The fourth-order valence-corrected chi connectivity index (χ4v) is 8.61. The van der Waals surface area contributed by atoms with Crippen LogP contribution in [0, 0.1) is 5.92 Å². The molecule has 1 fully saturated rings. The summed E-state index contributed by atoms with van der Waals surface area (Å²) in [5, 5.41) is 12.1. The van der Waals surface area contributed by atoms with E-state index in [-0.39, 0.29) is 23.8 Å². The van der Waals surface area contributed by atoms with Crippen LogP contribution in [0.15, 0.2) is 81.0 Å². The van der Waals surface area contributed by atoms with Crippen LogP contribution < -0.4 is 19.8 Å². The van der Waals surface area contributed by atoms with Gasteiger partial charge >= 0.3 is 11.0 Å². The van der Waals surface area contributed by atoms with Gasteiger partial charge in [-0.05, 0) is 67.1 Å². The van der Waals surface area contributed by atoms with Crippen LogP contribution in [0.1, 0.15) is 28.8 Å². The first-order valence-electron chi connectivity index (χ1n) is 13.8. The van der Waals surface area contributed by atoms with E-state index < -0.39 is 58.0 Å². The fraction of sp³-hybridized carbons (Fsp3) is 0.226. The lowest BCUT2D eigenvalue weighted by molar-refractivity contribution is -0.137. The van der Waals surface area contributed by atoms with Crippen LogP contribution in [0.3, 0.4) is 0 Å². The first kappa shape index (κ1) is 31.9. The Bertz CT molecular complexity index is 1930.